The van der Waals surface area contributed by atoms with Crippen molar-refractivity contribution in [3.63, 3.8) is 0 Å². The van der Waals surface area contributed by atoms with E-state index in [0.29, 0.717) is 10.6 Å². The van der Waals surface area contributed by atoms with Crippen molar-refractivity contribution in [2.75, 3.05) is 0 Å². The van der Waals surface area contributed by atoms with Gasteiger partial charge in [-0.15, -0.1) is 0 Å². The van der Waals surface area contributed by atoms with Crippen LogP contribution in [0.15, 0.2) is 54.7 Å². The Hall–Kier alpha value is -3.19. The van der Waals surface area contributed by atoms with Crippen LogP contribution in [0.5, 0.6) is 0 Å². The number of rotatable bonds is 6. The molecular weight excluding hydrogens is 373 g/mol. The van der Waals surface area contributed by atoms with E-state index in [0.717, 1.165) is 0 Å². The van der Waals surface area contributed by atoms with Crippen LogP contribution >= 0.6 is 11.6 Å². The van der Waals surface area contributed by atoms with Gasteiger partial charge in [0.2, 0.25) is 0 Å². The van der Waals surface area contributed by atoms with Crippen molar-refractivity contribution >= 4 is 23.5 Å². The first-order valence-corrected chi connectivity index (χ1v) is 8.40. The number of carbonyl (C=O) groups is 2. The maximum atomic E-state index is 14.1. The molecule has 0 bridgehead atoms. The average molecular weight is 388 g/mol. The first-order chi connectivity index (χ1) is 13.0. The minimum atomic E-state index is -1.08. The highest BCUT2D eigenvalue weighted by Gasteiger charge is 2.23. The van der Waals surface area contributed by atoms with E-state index in [4.69, 9.17) is 11.6 Å². The number of carbonyl (C=O) groups excluding carboxylic acids is 1. The van der Waals surface area contributed by atoms with Crippen LogP contribution in [0.1, 0.15) is 28.4 Å². The van der Waals surface area contributed by atoms with Crippen molar-refractivity contribution in [2.45, 2.75) is 12.5 Å². The molecule has 138 valence electrons. The molecule has 6 nitrogen and oxygen atoms in total. The second kappa shape index (κ2) is 8.01. The number of aliphatic carboxylic acids is 1. The summed E-state index contributed by atoms with van der Waals surface area (Å²) in [6.45, 7) is 0. The first kappa shape index (κ1) is 18.6. The van der Waals surface area contributed by atoms with Crippen LogP contribution in [0.3, 0.4) is 0 Å². The van der Waals surface area contributed by atoms with Crippen LogP contribution in [0.2, 0.25) is 5.02 Å². The maximum absolute atomic E-state index is 14.1. The van der Waals surface area contributed by atoms with Gasteiger partial charge in [0.15, 0.2) is 0 Å². The van der Waals surface area contributed by atoms with E-state index in [9.17, 15) is 19.1 Å². The van der Waals surface area contributed by atoms with Crippen molar-refractivity contribution in [2.24, 2.45) is 0 Å². The summed E-state index contributed by atoms with van der Waals surface area (Å²) in [5.41, 5.74) is 1.06. The molecule has 0 aliphatic heterocycles. The van der Waals surface area contributed by atoms with E-state index in [1.807, 2.05) is 0 Å². The van der Waals surface area contributed by atoms with Crippen molar-refractivity contribution < 1.29 is 19.1 Å². The van der Waals surface area contributed by atoms with Gasteiger partial charge in [-0.05, 0) is 29.8 Å². The van der Waals surface area contributed by atoms with Crippen LogP contribution in [-0.2, 0) is 4.79 Å². The van der Waals surface area contributed by atoms with Gasteiger partial charge in [0.05, 0.1) is 29.9 Å². The van der Waals surface area contributed by atoms with Crippen LogP contribution in [0.25, 0.3) is 11.3 Å². The molecule has 8 heteroatoms. The van der Waals surface area contributed by atoms with Gasteiger partial charge in [0.25, 0.3) is 5.91 Å². The van der Waals surface area contributed by atoms with Gasteiger partial charge in [-0.2, -0.15) is 5.10 Å². The monoisotopic (exact) mass is 387 g/mol. The highest BCUT2D eigenvalue weighted by atomic mass is 35.5. The SMILES string of the molecule is O=C(O)C[C@H](NC(=O)c1cn[nH]c1-c1ccccc1F)c1cccc(Cl)c1. The Labute approximate surface area is 159 Å². The molecule has 1 atom stereocenters. The molecule has 0 saturated heterocycles. The fraction of sp³-hybridized carbons (Fsp3) is 0.105. The van der Waals surface area contributed by atoms with Gasteiger partial charge < -0.3 is 10.4 Å². The topological polar surface area (TPSA) is 95.1 Å². The molecule has 3 aromatic rings. The number of hydrogen-bond donors (Lipinski definition) is 3. The number of aromatic nitrogens is 2. The van der Waals surface area contributed by atoms with Crippen molar-refractivity contribution in [1.29, 1.82) is 0 Å². The van der Waals surface area contributed by atoms with Crippen LogP contribution in [0, 0.1) is 5.82 Å². The third-order valence-electron chi connectivity index (χ3n) is 3.96. The number of benzene rings is 2. The molecule has 3 N–H and O–H groups in total. The van der Waals surface area contributed by atoms with Gasteiger partial charge in [-0.3, -0.25) is 14.7 Å². The van der Waals surface area contributed by atoms with Crippen molar-refractivity contribution in [1.82, 2.24) is 15.5 Å². The second-order valence-electron chi connectivity index (χ2n) is 5.82. The second-order valence-corrected chi connectivity index (χ2v) is 6.25. The fourth-order valence-corrected chi connectivity index (χ4v) is 2.91. The number of hydrogen-bond acceptors (Lipinski definition) is 3. The molecule has 0 fully saturated rings. The molecule has 0 aliphatic rings. The molecule has 0 radical (unpaired) electrons. The number of amides is 1. The molecule has 0 aliphatic carbocycles. The number of halogens is 2. The van der Waals surface area contributed by atoms with Crippen LogP contribution < -0.4 is 5.32 Å². The fourth-order valence-electron chi connectivity index (χ4n) is 2.71. The Balaban J connectivity index is 1.90. The lowest BCUT2D eigenvalue weighted by atomic mass is 10.0. The number of carboxylic acids is 1. The third-order valence-corrected chi connectivity index (χ3v) is 4.20. The summed E-state index contributed by atoms with van der Waals surface area (Å²) < 4.78 is 14.1. The molecule has 0 spiro atoms. The summed E-state index contributed by atoms with van der Waals surface area (Å²) in [6.07, 6.45) is 0.936. The van der Waals surface area contributed by atoms with Gasteiger partial charge >= 0.3 is 5.97 Å². The molecule has 1 heterocycles. The predicted octanol–water partition coefficient (Wildman–Crippen LogP) is 3.82. The van der Waals surface area contributed by atoms with E-state index in [1.54, 1.807) is 30.3 Å². The summed E-state index contributed by atoms with van der Waals surface area (Å²) in [5.74, 6) is -2.16. The molecule has 27 heavy (non-hydrogen) atoms. The molecule has 1 aromatic heterocycles. The zero-order valence-electron chi connectivity index (χ0n) is 13.9. The number of H-pyrrole nitrogens is 1. The lowest BCUT2D eigenvalue weighted by molar-refractivity contribution is -0.137. The number of aromatic amines is 1. The van der Waals surface area contributed by atoms with Crippen molar-refractivity contribution in [3.05, 3.63) is 76.7 Å². The van der Waals surface area contributed by atoms with Crippen LogP contribution in [0.4, 0.5) is 4.39 Å². The van der Waals surface area contributed by atoms with E-state index < -0.39 is 23.7 Å². The van der Waals surface area contributed by atoms with Gasteiger partial charge in [0, 0.05) is 10.6 Å². The first-order valence-electron chi connectivity index (χ1n) is 8.02. The maximum Gasteiger partial charge on any atom is 0.305 e. The quantitative estimate of drug-likeness (QED) is 0.599. The third kappa shape index (κ3) is 4.32. The lowest BCUT2D eigenvalue weighted by Crippen LogP contribution is -2.30. The lowest BCUT2D eigenvalue weighted by Gasteiger charge is -2.18. The van der Waals surface area contributed by atoms with Gasteiger partial charge in [-0.1, -0.05) is 35.9 Å². The Morgan fingerprint density at radius 3 is 2.70 bits per heavy atom. The summed E-state index contributed by atoms with van der Waals surface area (Å²) in [7, 11) is 0. The summed E-state index contributed by atoms with van der Waals surface area (Å²) in [6, 6.07) is 11.7. The highest BCUT2D eigenvalue weighted by Crippen LogP contribution is 2.26. The zero-order valence-corrected chi connectivity index (χ0v) is 14.7. The Morgan fingerprint density at radius 2 is 2.00 bits per heavy atom. The summed E-state index contributed by atoms with van der Waals surface area (Å²) in [4.78, 5) is 24.0. The Kier molecular flexibility index (Phi) is 5.52. The number of nitrogens with zero attached hydrogens (tertiary/aromatic N) is 1. The Morgan fingerprint density at radius 1 is 1.22 bits per heavy atom. The molecular formula is C19H15ClFN3O3. The van der Waals surface area contributed by atoms with Gasteiger partial charge in [0.1, 0.15) is 5.82 Å². The summed E-state index contributed by atoms with van der Waals surface area (Å²) in [5, 5.41) is 18.7. The minimum absolute atomic E-state index is 0.109. The van der Waals surface area contributed by atoms with E-state index in [1.165, 1.54) is 24.4 Å². The van der Waals surface area contributed by atoms with E-state index in [2.05, 4.69) is 15.5 Å². The molecule has 0 unspecified atom stereocenters. The Bertz CT molecular complexity index is 990. The number of carboxylic acid groups (broad SMARTS) is 1. The standard InChI is InChI=1S/C19H15ClFN3O3/c20-12-5-3-4-11(8-12)16(9-17(25)26)23-19(27)14-10-22-24-18(14)13-6-1-2-7-15(13)21/h1-8,10,16H,9H2,(H,22,24)(H,23,27)(H,25,26)/t16-/m0/s1. The van der Waals surface area contributed by atoms with Gasteiger partial charge in [-0.25, -0.2) is 4.39 Å². The minimum Gasteiger partial charge on any atom is -0.481 e. The zero-order chi connectivity index (χ0) is 19.4. The molecule has 2 aromatic carbocycles. The summed E-state index contributed by atoms with van der Waals surface area (Å²) >= 11 is 5.97. The molecule has 1 amide bonds. The molecule has 0 saturated carbocycles. The van der Waals surface area contributed by atoms with E-state index in [-0.39, 0.29) is 23.2 Å². The highest BCUT2D eigenvalue weighted by molar-refractivity contribution is 6.30. The average Bonchev–Trinajstić information content (AvgIpc) is 3.11. The smallest absolute Gasteiger partial charge is 0.305 e. The molecule has 3 rings (SSSR count). The van der Waals surface area contributed by atoms with Crippen LogP contribution in [-0.4, -0.2) is 27.2 Å². The largest absolute Gasteiger partial charge is 0.481 e. The van der Waals surface area contributed by atoms with Crippen molar-refractivity contribution in [3.8, 4) is 11.3 Å². The predicted molar refractivity (Wildman–Crippen MR) is 97.9 cm³/mol. The van der Waals surface area contributed by atoms with E-state index >= 15 is 0 Å². The number of nitrogens with one attached hydrogen (secondary N) is 2. The normalized spacial score (nSPS) is 11.8.